The SMILES string of the molecule is COC(=O)/C=C/C1=CN(Cc2ccccc2)[C@H]2C[C@@H]1[C@@H](C(=O)OC)c1c2n(C)c2ccccc12. The number of aryl methyl sites for hydroxylation is 1. The lowest BCUT2D eigenvalue weighted by Crippen LogP contribution is -2.40. The van der Waals surface area contributed by atoms with Crippen LogP contribution < -0.4 is 0 Å². The van der Waals surface area contributed by atoms with Gasteiger partial charge in [-0.3, -0.25) is 4.79 Å². The lowest BCUT2D eigenvalue weighted by atomic mass is 9.69. The molecule has 0 spiro atoms. The van der Waals surface area contributed by atoms with Crippen molar-refractivity contribution in [1.29, 1.82) is 0 Å². The lowest BCUT2D eigenvalue weighted by Gasteiger charge is -2.45. The molecular formula is C28H28N2O4. The van der Waals surface area contributed by atoms with E-state index in [1.807, 2.05) is 30.3 Å². The maximum Gasteiger partial charge on any atom is 0.330 e. The van der Waals surface area contributed by atoms with Crippen LogP contribution >= 0.6 is 0 Å². The van der Waals surface area contributed by atoms with Crippen molar-refractivity contribution in [3.05, 3.63) is 95.3 Å². The van der Waals surface area contributed by atoms with Gasteiger partial charge in [-0.05, 0) is 29.2 Å². The minimum absolute atomic E-state index is 0.0915. The van der Waals surface area contributed by atoms with Crippen LogP contribution in [0.2, 0.25) is 0 Å². The predicted octanol–water partition coefficient (Wildman–Crippen LogP) is 4.62. The molecule has 1 aromatic heterocycles. The third-order valence-electron chi connectivity index (χ3n) is 7.12. The number of esters is 2. The highest BCUT2D eigenvalue weighted by Gasteiger charge is 2.47. The molecule has 6 nitrogen and oxygen atoms in total. The van der Waals surface area contributed by atoms with E-state index in [4.69, 9.17) is 9.47 Å². The molecule has 0 saturated carbocycles. The van der Waals surface area contributed by atoms with Gasteiger partial charge in [0, 0.05) is 48.4 Å². The zero-order chi connectivity index (χ0) is 23.8. The molecule has 1 aliphatic carbocycles. The molecule has 2 bridgehead atoms. The Hall–Kier alpha value is -3.80. The molecule has 34 heavy (non-hydrogen) atoms. The van der Waals surface area contributed by atoms with Gasteiger partial charge in [0.05, 0.1) is 26.2 Å². The van der Waals surface area contributed by atoms with Crippen molar-refractivity contribution in [1.82, 2.24) is 9.47 Å². The number of carbonyl (C=O) groups excluding carboxylic acids is 2. The number of para-hydroxylation sites is 1. The topological polar surface area (TPSA) is 60.8 Å². The fraction of sp³-hybridized carbons (Fsp3) is 0.286. The molecular weight excluding hydrogens is 428 g/mol. The highest BCUT2D eigenvalue weighted by Crippen LogP contribution is 2.53. The van der Waals surface area contributed by atoms with Crippen molar-refractivity contribution in [2.24, 2.45) is 13.0 Å². The highest BCUT2D eigenvalue weighted by molar-refractivity contribution is 5.93. The number of nitrogens with zero attached hydrogens (tertiary/aromatic N) is 2. The van der Waals surface area contributed by atoms with E-state index in [-0.39, 0.29) is 17.9 Å². The molecule has 174 valence electrons. The first kappa shape index (κ1) is 22.0. The van der Waals surface area contributed by atoms with Crippen LogP contribution in [0, 0.1) is 5.92 Å². The maximum absolute atomic E-state index is 13.2. The minimum atomic E-state index is -0.449. The van der Waals surface area contributed by atoms with E-state index in [9.17, 15) is 9.59 Å². The van der Waals surface area contributed by atoms with Gasteiger partial charge in [0.2, 0.25) is 0 Å². The number of hydrogen-bond donors (Lipinski definition) is 0. The minimum Gasteiger partial charge on any atom is -0.469 e. The molecule has 0 fully saturated rings. The van der Waals surface area contributed by atoms with E-state index in [0.29, 0.717) is 0 Å². The Labute approximate surface area is 199 Å². The summed E-state index contributed by atoms with van der Waals surface area (Å²) in [5, 5.41) is 1.07. The lowest BCUT2D eigenvalue weighted by molar-refractivity contribution is -0.144. The Balaban J connectivity index is 1.71. The normalized spacial score (nSPS) is 21.3. The summed E-state index contributed by atoms with van der Waals surface area (Å²) in [7, 11) is 4.88. The van der Waals surface area contributed by atoms with Crippen molar-refractivity contribution < 1.29 is 19.1 Å². The summed E-state index contributed by atoms with van der Waals surface area (Å²) < 4.78 is 12.4. The largest absolute Gasteiger partial charge is 0.469 e. The Kier molecular flexibility index (Phi) is 5.74. The second-order valence-electron chi connectivity index (χ2n) is 8.88. The number of allylic oxidation sites excluding steroid dienone is 2. The van der Waals surface area contributed by atoms with Gasteiger partial charge in [0.1, 0.15) is 0 Å². The quantitative estimate of drug-likeness (QED) is 0.414. The monoisotopic (exact) mass is 456 g/mol. The van der Waals surface area contributed by atoms with Gasteiger partial charge in [-0.1, -0.05) is 54.6 Å². The van der Waals surface area contributed by atoms with Gasteiger partial charge in [-0.25, -0.2) is 4.79 Å². The van der Waals surface area contributed by atoms with Crippen LogP contribution in [-0.2, 0) is 32.7 Å². The molecule has 0 saturated heterocycles. The van der Waals surface area contributed by atoms with Crippen molar-refractivity contribution in [3.63, 3.8) is 0 Å². The van der Waals surface area contributed by atoms with Crippen molar-refractivity contribution in [3.8, 4) is 0 Å². The van der Waals surface area contributed by atoms with Crippen LogP contribution in [0.4, 0.5) is 0 Å². The number of ether oxygens (including phenoxy) is 2. The summed E-state index contributed by atoms with van der Waals surface area (Å²) >= 11 is 0. The summed E-state index contributed by atoms with van der Waals surface area (Å²) in [6.45, 7) is 0.720. The predicted molar refractivity (Wildman–Crippen MR) is 130 cm³/mol. The van der Waals surface area contributed by atoms with E-state index in [1.165, 1.54) is 25.9 Å². The average Bonchev–Trinajstić information content (AvgIpc) is 3.17. The van der Waals surface area contributed by atoms with Crippen LogP contribution in [-0.4, -0.2) is 35.6 Å². The van der Waals surface area contributed by atoms with E-state index in [2.05, 4.69) is 47.0 Å². The number of aromatic nitrogens is 1. The second kappa shape index (κ2) is 8.86. The van der Waals surface area contributed by atoms with Crippen LogP contribution in [0.1, 0.15) is 35.2 Å². The van der Waals surface area contributed by atoms with Gasteiger partial charge < -0.3 is 18.9 Å². The van der Waals surface area contributed by atoms with Crippen LogP contribution in [0.25, 0.3) is 10.9 Å². The van der Waals surface area contributed by atoms with Crippen molar-refractivity contribution >= 4 is 22.8 Å². The average molecular weight is 457 g/mol. The third-order valence-corrected chi connectivity index (χ3v) is 7.12. The summed E-state index contributed by atoms with van der Waals surface area (Å²) in [6.07, 6.45) is 6.07. The molecule has 6 heteroatoms. The standard InChI is InChI=1S/C28H28N2O4/c1-29-22-12-8-7-11-20(22)25-26(28(32)34-3)21-15-23(27(25)29)30(16-18-9-5-4-6-10-18)17-19(21)13-14-24(31)33-2/h4-14,17,21,23,26H,15-16H2,1-3H3/b14-13+/t21-,23-,26+/m0/s1. The van der Waals surface area contributed by atoms with Gasteiger partial charge in [0.25, 0.3) is 0 Å². The molecule has 0 N–H and O–H groups in total. The maximum atomic E-state index is 13.2. The smallest absolute Gasteiger partial charge is 0.330 e. The van der Waals surface area contributed by atoms with Gasteiger partial charge in [-0.2, -0.15) is 0 Å². The number of rotatable bonds is 5. The van der Waals surface area contributed by atoms with E-state index < -0.39 is 11.9 Å². The molecule has 2 aromatic carbocycles. The number of fused-ring (bicyclic) bond motifs is 6. The number of hydrogen-bond acceptors (Lipinski definition) is 5. The summed E-state index contributed by atoms with van der Waals surface area (Å²) in [4.78, 5) is 27.4. The first-order valence-corrected chi connectivity index (χ1v) is 11.5. The van der Waals surface area contributed by atoms with Crippen molar-refractivity contribution in [2.75, 3.05) is 14.2 Å². The molecule has 5 rings (SSSR count). The molecule has 2 aliphatic rings. The zero-order valence-electron chi connectivity index (χ0n) is 19.6. The molecule has 1 aliphatic heterocycles. The molecule has 0 amide bonds. The molecule has 3 atom stereocenters. The zero-order valence-corrected chi connectivity index (χ0v) is 19.6. The van der Waals surface area contributed by atoms with Gasteiger partial charge >= 0.3 is 11.9 Å². The second-order valence-corrected chi connectivity index (χ2v) is 8.88. The van der Waals surface area contributed by atoms with Crippen LogP contribution in [0.3, 0.4) is 0 Å². The molecule has 3 aromatic rings. The number of carbonyl (C=O) groups is 2. The first-order valence-electron chi connectivity index (χ1n) is 11.5. The Bertz CT molecular complexity index is 1300. The van der Waals surface area contributed by atoms with E-state index >= 15 is 0 Å². The van der Waals surface area contributed by atoms with Gasteiger partial charge in [-0.15, -0.1) is 0 Å². The van der Waals surface area contributed by atoms with E-state index in [1.54, 1.807) is 6.08 Å². The molecule has 2 heterocycles. The molecule has 0 radical (unpaired) electrons. The Morgan fingerprint density at radius 2 is 1.76 bits per heavy atom. The van der Waals surface area contributed by atoms with Crippen LogP contribution in [0.5, 0.6) is 0 Å². The third kappa shape index (κ3) is 3.59. The summed E-state index contributed by atoms with van der Waals surface area (Å²) in [5.74, 6) is -1.23. The van der Waals surface area contributed by atoms with E-state index in [0.717, 1.165) is 40.7 Å². The fourth-order valence-electron chi connectivity index (χ4n) is 5.62. The van der Waals surface area contributed by atoms with Crippen molar-refractivity contribution in [2.45, 2.75) is 24.9 Å². The number of methoxy groups -OCH3 is 2. The number of benzene rings is 2. The summed E-state index contributed by atoms with van der Waals surface area (Å²) in [5.41, 5.74) is 5.40. The fourth-order valence-corrected chi connectivity index (χ4v) is 5.62. The van der Waals surface area contributed by atoms with Gasteiger partial charge in [0.15, 0.2) is 0 Å². The Morgan fingerprint density at radius 3 is 2.50 bits per heavy atom. The first-order chi connectivity index (χ1) is 16.5. The highest BCUT2D eigenvalue weighted by atomic mass is 16.5. The molecule has 0 unspecified atom stereocenters. The Morgan fingerprint density at radius 1 is 1.03 bits per heavy atom. The summed E-state index contributed by atoms with van der Waals surface area (Å²) in [6, 6.07) is 18.6. The van der Waals surface area contributed by atoms with Crippen LogP contribution in [0.15, 0.2) is 78.5 Å².